The lowest BCUT2D eigenvalue weighted by atomic mass is 9.98. The summed E-state index contributed by atoms with van der Waals surface area (Å²) in [6.45, 7) is 2.86. The lowest BCUT2D eigenvalue weighted by Crippen LogP contribution is -2.12. The van der Waals surface area contributed by atoms with E-state index in [1.807, 2.05) is 12.1 Å². The van der Waals surface area contributed by atoms with Gasteiger partial charge in [0, 0.05) is 23.6 Å². The van der Waals surface area contributed by atoms with Crippen molar-refractivity contribution < 1.29 is 9.90 Å². The molecule has 2 aromatic rings. The van der Waals surface area contributed by atoms with Gasteiger partial charge in [-0.3, -0.25) is 4.79 Å². The van der Waals surface area contributed by atoms with E-state index in [-0.39, 0.29) is 5.92 Å². The molecule has 0 saturated heterocycles. The van der Waals surface area contributed by atoms with Crippen molar-refractivity contribution in [2.24, 2.45) is 11.8 Å². The molecule has 1 aromatic carbocycles. The van der Waals surface area contributed by atoms with Crippen LogP contribution in [0.15, 0.2) is 30.5 Å². The Hall–Kier alpha value is -1.77. The Kier molecular flexibility index (Phi) is 3.05. The predicted octanol–water partition coefficient (Wildman–Crippen LogP) is 3.31. The van der Waals surface area contributed by atoms with Gasteiger partial charge in [0.05, 0.1) is 5.92 Å². The number of hydrogen-bond donors (Lipinski definition) is 1. The fourth-order valence-corrected chi connectivity index (χ4v) is 2.62. The van der Waals surface area contributed by atoms with Crippen molar-refractivity contribution in [1.82, 2.24) is 4.57 Å². The second kappa shape index (κ2) is 4.72. The fraction of sp³-hybridized carbons (Fsp3) is 0.438. The molecule has 0 bridgehead atoms. The van der Waals surface area contributed by atoms with Crippen molar-refractivity contribution in [2.75, 3.05) is 0 Å². The van der Waals surface area contributed by atoms with Gasteiger partial charge < -0.3 is 9.67 Å². The first kappa shape index (κ1) is 12.3. The second-order valence-electron chi connectivity index (χ2n) is 5.70. The quantitative estimate of drug-likeness (QED) is 0.892. The largest absolute Gasteiger partial charge is 0.481 e. The molecule has 1 aromatic heterocycles. The van der Waals surface area contributed by atoms with Crippen LogP contribution in [0.25, 0.3) is 10.9 Å². The molecule has 1 fully saturated rings. The molecular weight excluding hydrogens is 238 g/mol. The minimum atomic E-state index is -0.727. The van der Waals surface area contributed by atoms with Crippen LogP contribution in [0.3, 0.4) is 0 Å². The summed E-state index contributed by atoms with van der Waals surface area (Å²) in [6, 6.07) is 8.34. The smallest absolute Gasteiger partial charge is 0.306 e. The summed E-state index contributed by atoms with van der Waals surface area (Å²) >= 11 is 0. The first-order valence-electron chi connectivity index (χ1n) is 6.94. The Morgan fingerprint density at radius 2 is 2.21 bits per heavy atom. The van der Waals surface area contributed by atoms with E-state index in [0.29, 0.717) is 6.42 Å². The van der Waals surface area contributed by atoms with E-state index in [1.54, 1.807) is 6.92 Å². The summed E-state index contributed by atoms with van der Waals surface area (Å²) < 4.78 is 2.31. The first-order valence-corrected chi connectivity index (χ1v) is 6.94. The van der Waals surface area contributed by atoms with Crippen molar-refractivity contribution in [1.29, 1.82) is 0 Å². The molecule has 100 valence electrons. The molecule has 1 aliphatic rings. The highest BCUT2D eigenvalue weighted by atomic mass is 16.4. The van der Waals surface area contributed by atoms with E-state index in [4.69, 9.17) is 5.11 Å². The highest BCUT2D eigenvalue weighted by Gasteiger charge is 2.22. The molecule has 1 saturated carbocycles. The third-order valence-electron chi connectivity index (χ3n) is 4.00. The minimum absolute atomic E-state index is 0.336. The standard InChI is InChI=1S/C16H19NO2/c1-11(16(18)19)9-13-3-2-4-15-14(13)7-8-17(15)10-12-5-6-12/h2-4,7-8,11-12H,5-6,9-10H2,1H3,(H,18,19). The molecule has 1 atom stereocenters. The van der Waals surface area contributed by atoms with Gasteiger partial charge in [-0.2, -0.15) is 0 Å². The van der Waals surface area contributed by atoms with Crippen LogP contribution in [0.5, 0.6) is 0 Å². The SMILES string of the molecule is CC(Cc1cccc2c1ccn2CC1CC1)C(=O)O. The fourth-order valence-electron chi connectivity index (χ4n) is 2.62. The molecule has 0 spiro atoms. The van der Waals surface area contributed by atoms with Crippen LogP contribution in [0.1, 0.15) is 25.3 Å². The van der Waals surface area contributed by atoms with Gasteiger partial charge in [-0.05, 0) is 42.9 Å². The van der Waals surface area contributed by atoms with Gasteiger partial charge in [0.15, 0.2) is 0 Å². The summed E-state index contributed by atoms with van der Waals surface area (Å²) in [5, 5.41) is 10.2. The first-order chi connectivity index (χ1) is 9.15. The molecule has 0 aliphatic heterocycles. The predicted molar refractivity (Wildman–Crippen MR) is 75.2 cm³/mol. The molecule has 1 aliphatic carbocycles. The molecular formula is C16H19NO2. The van der Waals surface area contributed by atoms with E-state index >= 15 is 0 Å². The van der Waals surface area contributed by atoms with Gasteiger partial charge in [-0.1, -0.05) is 19.1 Å². The number of nitrogens with zero attached hydrogens (tertiary/aromatic N) is 1. The highest BCUT2D eigenvalue weighted by Crippen LogP contribution is 2.32. The number of benzene rings is 1. The maximum absolute atomic E-state index is 11.0. The van der Waals surface area contributed by atoms with Gasteiger partial charge in [0.25, 0.3) is 0 Å². The third kappa shape index (κ3) is 2.50. The Morgan fingerprint density at radius 3 is 2.89 bits per heavy atom. The van der Waals surface area contributed by atoms with Crippen LogP contribution in [-0.2, 0) is 17.8 Å². The summed E-state index contributed by atoms with van der Waals surface area (Å²) in [5.74, 6) is -0.219. The summed E-state index contributed by atoms with van der Waals surface area (Å²) in [6.07, 6.45) is 5.42. The molecule has 19 heavy (non-hydrogen) atoms. The Bertz CT molecular complexity index is 610. The lowest BCUT2D eigenvalue weighted by molar-refractivity contribution is -0.141. The number of aliphatic carboxylic acids is 1. The number of rotatable bonds is 5. The van der Waals surface area contributed by atoms with E-state index in [1.165, 1.54) is 23.7 Å². The van der Waals surface area contributed by atoms with E-state index in [2.05, 4.69) is 22.9 Å². The Labute approximate surface area is 112 Å². The van der Waals surface area contributed by atoms with Crippen molar-refractivity contribution in [3.8, 4) is 0 Å². The maximum atomic E-state index is 11.0. The molecule has 3 nitrogen and oxygen atoms in total. The van der Waals surface area contributed by atoms with Crippen LogP contribution in [0, 0.1) is 11.8 Å². The topological polar surface area (TPSA) is 42.2 Å². The average Bonchev–Trinajstić information content (AvgIpc) is 3.10. The normalized spacial score (nSPS) is 16.7. The second-order valence-corrected chi connectivity index (χ2v) is 5.70. The number of aromatic nitrogens is 1. The molecule has 0 radical (unpaired) electrons. The van der Waals surface area contributed by atoms with Crippen LogP contribution in [0.4, 0.5) is 0 Å². The number of carboxylic acids is 1. The van der Waals surface area contributed by atoms with E-state index in [9.17, 15) is 4.79 Å². The summed E-state index contributed by atoms with van der Waals surface area (Å²) in [4.78, 5) is 11.0. The van der Waals surface area contributed by atoms with Crippen LogP contribution in [0.2, 0.25) is 0 Å². The summed E-state index contributed by atoms with van der Waals surface area (Å²) in [7, 11) is 0. The zero-order chi connectivity index (χ0) is 13.4. The zero-order valence-electron chi connectivity index (χ0n) is 11.2. The molecule has 3 heteroatoms. The molecule has 1 unspecified atom stereocenters. The molecule has 3 rings (SSSR count). The van der Waals surface area contributed by atoms with Crippen molar-refractivity contribution in [3.63, 3.8) is 0 Å². The third-order valence-corrected chi connectivity index (χ3v) is 4.00. The number of carbonyl (C=O) groups is 1. The molecule has 0 amide bonds. The maximum Gasteiger partial charge on any atom is 0.306 e. The van der Waals surface area contributed by atoms with Crippen molar-refractivity contribution >= 4 is 16.9 Å². The minimum Gasteiger partial charge on any atom is -0.481 e. The van der Waals surface area contributed by atoms with Crippen molar-refractivity contribution in [2.45, 2.75) is 32.7 Å². The van der Waals surface area contributed by atoms with Gasteiger partial charge in [0.2, 0.25) is 0 Å². The lowest BCUT2D eigenvalue weighted by Gasteiger charge is -2.09. The van der Waals surface area contributed by atoms with Crippen LogP contribution < -0.4 is 0 Å². The monoisotopic (exact) mass is 257 g/mol. The molecule has 1 N–H and O–H groups in total. The Balaban J connectivity index is 1.92. The summed E-state index contributed by atoms with van der Waals surface area (Å²) in [5.41, 5.74) is 2.38. The van der Waals surface area contributed by atoms with Gasteiger partial charge >= 0.3 is 5.97 Å². The number of fused-ring (bicyclic) bond motifs is 1. The highest BCUT2D eigenvalue weighted by molar-refractivity contribution is 5.84. The van der Waals surface area contributed by atoms with E-state index < -0.39 is 5.97 Å². The number of carboxylic acid groups (broad SMARTS) is 1. The van der Waals surface area contributed by atoms with Crippen LogP contribution >= 0.6 is 0 Å². The number of hydrogen-bond acceptors (Lipinski definition) is 1. The van der Waals surface area contributed by atoms with E-state index in [0.717, 1.165) is 18.0 Å². The van der Waals surface area contributed by atoms with Crippen molar-refractivity contribution in [3.05, 3.63) is 36.0 Å². The van der Waals surface area contributed by atoms with Gasteiger partial charge in [0.1, 0.15) is 0 Å². The zero-order valence-corrected chi connectivity index (χ0v) is 11.2. The average molecular weight is 257 g/mol. The van der Waals surface area contributed by atoms with Crippen LogP contribution in [-0.4, -0.2) is 15.6 Å². The Morgan fingerprint density at radius 1 is 1.42 bits per heavy atom. The van der Waals surface area contributed by atoms with Gasteiger partial charge in [-0.15, -0.1) is 0 Å². The van der Waals surface area contributed by atoms with Gasteiger partial charge in [-0.25, -0.2) is 0 Å². The molecule has 1 heterocycles.